The van der Waals surface area contributed by atoms with E-state index in [9.17, 15) is 8.42 Å². The number of sulfonamides is 1. The predicted octanol–water partition coefficient (Wildman–Crippen LogP) is 0.420. The fraction of sp³-hybridized carbons (Fsp3) is 0.400. The van der Waals surface area contributed by atoms with E-state index in [1.54, 1.807) is 13.1 Å². The monoisotopic (exact) mass is 301 g/mol. The second-order valence-corrected chi connectivity index (χ2v) is 7.03. The number of aromatic nitrogens is 3. The van der Waals surface area contributed by atoms with Gasteiger partial charge in [0.05, 0.1) is 6.54 Å². The van der Waals surface area contributed by atoms with Gasteiger partial charge in [0.25, 0.3) is 10.0 Å². The van der Waals surface area contributed by atoms with Gasteiger partial charge in [0.15, 0.2) is 5.03 Å². The van der Waals surface area contributed by atoms with E-state index < -0.39 is 10.0 Å². The third-order valence-electron chi connectivity index (χ3n) is 2.58. The van der Waals surface area contributed by atoms with Crippen LogP contribution < -0.4 is 10.5 Å². The minimum Gasteiger partial charge on any atom is -0.326 e. The molecule has 9 heteroatoms. The summed E-state index contributed by atoms with van der Waals surface area (Å²) in [6, 6.07) is 0. The van der Waals surface area contributed by atoms with Crippen molar-refractivity contribution in [1.29, 1.82) is 0 Å². The number of thiazole rings is 1. The molecule has 0 saturated heterocycles. The molecule has 0 bridgehead atoms. The standard InChI is InChI=1S/C10H15N5O2S2/c1-6-4-12-9(18-6)5-13-19(16,17)10-8(3-11)7(2)14-15-10/h4,13H,3,5,11H2,1-2H3,(H,14,15). The Morgan fingerprint density at radius 1 is 1.47 bits per heavy atom. The molecule has 0 aliphatic rings. The molecule has 0 fully saturated rings. The van der Waals surface area contributed by atoms with Crippen LogP contribution in [0.1, 0.15) is 21.1 Å². The third-order valence-corrected chi connectivity index (χ3v) is 4.86. The van der Waals surface area contributed by atoms with Gasteiger partial charge in [-0.15, -0.1) is 11.3 Å². The average Bonchev–Trinajstić information content (AvgIpc) is 2.93. The van der Waals surface area contributed by atoms with Crippen LogP contribution in [-0.2, 0) is 23.1 Å². The lowest BCUT2D eigenvalue weighted by atomic mass is 10.3. The first kappa shape index (κ1) is 14.1. The number of hydrogen-bond donors (Lipinski definition) is 3. The molecule has 0 atom stereocenters. The summed E-state index contributed by atoms with van der Waals surface area (Å²) in [5.74, 6) is 0. The Bertz CT molecular complexity index is 674. The van der Waals surface area contributed by atoms with Crippen LogP contribution in [0.15, 0.2) is 11.2 Å². The number of rotatable bonds is 5. The van der Waals surface area contributed by atoms with E-state index in [1.807, 2.05) is 6.92 Å². The van der Waals surface area contributed by atoms with E-state index in [-0.39, 0.29) is 18.1 Å². The van der Waals surface area contributed by atoms with Gasteiger partial charge in [0.2, 0.25) is 0 Å². The van der Waals surface area contributed by atoms with Crippen LogP contribution in [0.4, 0.5) is 0 Å². The van der Waals surface area contributed by atoms with Gasteiger partial charge in [-0.05, 0) is 13.8 Å². The summed E-state index contributed by atoms with van der Waals surface area (Å²) in [5, 5.41) is 7.11. The molecule has 19 heavy (non-hydrogen) atoms. The molecule has 0 spiro atoms. The van der Waals surface area contributed by atoms with E-state index in [0.29, 0.717) is 16.3 Å². The number of aromatic amines is 1. The highest BCUT2D eigenvalue weighted by molar-refractivity contribution is 7.89. The first-order chi connectivity index (χ1) is 8.94. The summed E-state index contributed by atoms with van der Waals surface area (Å²) in [4.78, 5) is 5.13. The van der Waals surface area contributed by atoms with Gasteiger partial charge in [-0.3, -0.25) is 5.10 Å². The van der Waals surface area contributed by atoms with Crippen molar-refractivity contribution in [2.45, 2.75) is 32.0 Å². The average molecular weight is 301 g/mol. The van der Waals surface area contributed by atoms with Crippen molar-refractivity contribution in [2.24, 2.45) is 5.73 Å². The topological polar surface area (TPSA) is 114 Å². The molecule has 2 rings (SSSR count). The Balaban J connectivity index is 2.18. The maximum Gasteiger partial charge on any atom is 0.260 e. The fourth-order valence-electron chi connectivity index (χ4n) is 1.60. The van der Waals surface area contributed by atoms with Gasteiger partial charge in [0, 0.05) is 28.9 Å². The van der Waals surface area contributed by atoms with Gasteiger partial charge in [-0.2, -0.15) is 5.10 Å². The molecule has 0 aliphatic heterocycles. The zero-order valence-corrected chi connectivity index (χ0v) is 12.2. The number of nitrogens with zero attached hydrogens (tertiary/aromatic N) is 2. The van der Waals surface area contributed by atoms with E-state index in [1.165, 1.54) is 11.3 Å². The minimum absolute atomic E-state index is 0.0409. The SMILES string of the molecule is Cc1cnc(CNS(=O)(=O)c2n[nH]c(C)c2CN)s1. The molecule has 0 radical (unpaired) electrons. The van der Waals surface area contributed by atoms with Gasteiger partial charge in [0.1, 0.15) is 5.01 Å². The normalized spacial score (nSPS) is 11.9. The molecule has 0 unspecified atom stereocenters. The lowest BCUT2D eigenvalue weighted by molar-refractivity contribution is 0.575. The molecule has 7 nitrogen and oxygen atoms in total. The van der Waals surface area contributed by atoms with Crippen LogP contribution in [0, 0.1) is 13.8 Å². The summed E-state index contributed by atoms with van der Waals surface area (Å²) < 4.78 is 26.7. The van der Waals surface area contributed by atoms with Crippen LogP contribution in [0.2, 0.25) is 0 Å². The summed E-state index contributed by atoms with van der Waals surface area (Å²) in [6.07, 6.45) is 1.71. The molecule has 0 amide bonds. The van der Waals surface area contributed by atoms with Gasteiger partial charge in [-0.1, -0.05) is 0 Å². The van der Waals surface area contributed by atoms with Crippen molar-refractivity contribution in [3.63, 3.8) is 0 Å². The van der Waals surface area contributed by atoms with Crippen molar-refractivity contribution < 1.29 is 8.42 Å². The van der Waals surface area contributed by atoms with Crippen molar-refractivity contribution in [2.75, 3.05) is 0 Å². The number of nitrogens with two attached hydrogens (primary N) is 1. The predicted molar refractivity (Wildman–Crippen MR) is 72.1 cm³/mol. The Labute approximate surface area is 115 Å². The summed E-state index contributed by atoms with van der Waals surface area (Å²) >= 11 is 1.45. The molecule has 0 saturated carbocycles. The molecule has 4 N–H and O–H groups in total. The van der Waals surface area contributed by atoms with Gasteiger partial charge < -0.3 is 5.73 Å². The Morgan fingerprint density at radius 3 is 2.79 bits per heavy atom. The lowest BCUT2D eigenvalue weighted by Crippen LogP contribution is -2.25. The van der Waals surface area contributed by atoms with Crippen LogP contribution in [0.3, 0.4) is 0 Å². The first-order valence-corrected chi connectivity index (χ1v) is 7.89. The molecular formula is C10H15N5O2S2. The molecule has 2 aromatic rings. The Kier molecular flexibility index (Phi) is 3.99. The third kappa shape index (κ3) is 3.00. The largest absolute Gasteiger partial charge is 0.326 e. The van der Waals surface area contributed by atoms with Crippen molar-refractivity contribution in [1.82, 2.24) is 19.9 Å². The molecule has 104 valence electrons. The minimum atomic E-state index is -3.68. The highest BCUT2D eigenvalue weighted by atomic mass is 32.2. The number of aryl methyl sites for hydroxylation is 2. The van der Waals surface area contributed by atoms with Gasteiger partial charge >= 0.3 is 0 Å². The number of H-pyrrole nitrogens is 1. The number of nitrogens with one attached hydrogen (secondary N) is 2. The van der Waals surface area contributed by atoms with Crippen molar-refractivity contribution in [3.05, 3.63) is 27.3 Å². The number of hydrogen-bond acceptors (Lipinski definition) is 6. The first-order valence-electron chi connectivity index (χ1n) is 5.59. The Morgan fingerprint density at radius 2 is 2.21 bits per heavy atom. The van der Waals surface area contributed by atoms with Crippen LogP contribution in [0.25, 0.3) is 0 Å². The zero-order valence-electron chi connectivity index (χ0n) is 10.6. The molecule has 2 heterocycles. The second-order valence-electron chi connectivity index (χ2n) is 4.03. The molecule has 0 aromatic carbocycles. The fourth-order valence-corrected chi connectivity index (χ4v) is 3.61. The van der Waals surface area contributed by atoms with E-state index in [0.717, 1.165) is 4.88 Å². The van der Waals surface area contributed by atoms with Crippen LogP contribution in [0.5, 0.6) is 0 Å². The highest BCUT2D eigenvalue weighted by Gasteiger charge is 2.23. The highest BCUT2D eigenvalue weighted by Crippen LogP contribution is 2.16. The van der Waals surface area contributed by atoms with Crippen molar-refractivity contribution >= 4 is 21.4 Å². The lowest BCUT2D eigenvalue weighted by Gasteiger charge is -2.04. The van der Waals surface area contributed by atoms with Crippen LogP contribution >= 0.6 is 11.3 Å². The Hall–Kier alpha value is -1.29. The second kappa shape index (κ2) is 5.37. The maximum atomic E-state index is 12.1. The van der Waals surface area contributed by atoms with E-state index in [4.69, 9.17) is 5.73 Å². The van der Waals surface area contributed by atoms with E-state index >= 15 is 0 Å². The smallest absolute Gasteiger partial charge is 0.260 e. The maximum absolute atomic E-state index is 12.1. The summed E-state index contributed by atoms with van der Waals surface area (Å²) in [7, 11) is -3.68. The van der Waals surface area contributed by atoms with E-state index in [2.05, 4.69) is 19.9 Å². The molecule has 0 aliphatic carbocycles. The summed E-state index contributed by atoms with van der Waals surface area (Å²) in [6.45, 7) is 3.92. The van der Waals surface area contributed by atoms with Crippen molar-refractivity contribution in [3.8, 4) is 0 Å². The van der Waals surface area contributed by atoms with Gasteiger partial charge in [-0.25, -0.2) is 18.1 Å². The summed E-state index contributed by atoms with van der Waals surface area (Å²) in [5.41, 5.74) is 6.70. The molecule has 2 aromatic heterocycles. The zero-order chi connectivity index (χ0) is 14.0. The van der Waals surface area contributed by atoms with Crippen LogP contribution in [-0.4, -0.2) is 23.6 Å². The quantitative estimate of drug-likeness (QED) is 0.740. The molecular weight excluding hydrogens is 286 g/mol.